The highest BCUT2D eigenvalue weighted by atomic mass is 16.2. The molecule has 0 aliphatic heterocycles. The van der Waals surface area contributed by atoms with Gasteiger partial charge in [-0.15, -0.1) is 0 Å². The lowest BCUT2D eigenvalue weighted by molar-refractivity contribution is 0.0729. The monoisotopic (exact) mass is 337 g/mol. The predicted octanol–water partition coefficient (Wildman–Crippen LogP) is 2.66. The SMILES string of the molecule is CN(C)c1ccc(C(=O)N(Cc2ccc(C(N)=O)cc2)C2CC2)cc1. The molecule has 5 nitrogen and oxygen atoms in total. The van der Waals surface area contributed by atoms with Crippen molar-refractivity contribution in [2.75, 3.05) is 19.0 Å². The number of hydrogen-bond donors (Lipinski definition) is 1. The van der Waals surface area contributed by atoms with Gasteiger partial charge in [-0.05, 0) is 54.8 Å². The second kappa shape index (κ2) is 6.97. The molecule has 3 rings (SSSR count). The van der Waals surface area contributed by atoms with Crippen molar-refractivity contribution in [1.29, 1.82) is 0 Å². The van der Waals surface area contributed by atoms with Gasteiger partial charge in [-0.2, -0.15) is 0 Å². The van der Waals surface area contributed by atoms with Crippen LogP contribution in [0.15, 0.2) is 48.5 Å². The van der Waals surface area contributed by atoms with Crippen molar-refractivity contribution in [3.63, 3.8) is 0 Å². The van der Waals surface area contributed by atoms with Crippen molar-refractivity contribution in [1.82, 2.24) is 4.90 Å². The summed E-state index contributed by atoms with van der Waals surface area (Å²) >= 11 is 0. The largest absolute Gasteiger partial charge is 0.378 e. The summed E-state index contributed by atoms with van der Waals surface area (Å²) in [6.45, 7) is 0.540. The molecular formula is C20H23N3O2. The first-order valence-electron chi connectivity index (χ1n) is 8.43. The minimum absolute atomic E-state index is 0.0479. The van der Waals surface area contributed by atoms with Crippen LogP contribution in [0.25, 0.3) is 0 Å². The van der Waals surface area contributed by atoms with E-state index in [1.54, 1.807) is 12.1 Å². The molecule has 5 heteroatoms. The van der Waals surface area contributed by atoms with E-state index in [9.17, 15) is 9.59 Å². The lowest BCUT2D eigenvalue weighted by Crippen LogP contribution is -2.32. The van der Waals surface area contributed by atoms with Crippen molar-refractivity contribution in [2.24, 2.45) is 5.73 Å². The number of amides is 2. The molecule has 0 spiro atoms. The number of nitrogens with two attached hydrogens (primary N) is 1. The van der Waals surface area contributed by atoms with Crippen LogP contribution >= 0.6 is 0 Å². The lowest BCUT2D eigenvalue weighted by Gasteiger charge is -2.23. The number of anilines is 1. The molecule has 1 saturated carbocycles. The Morgan fingerprint density at radius 1 is 0.960 bits per heavy atom. The molecule has 0 saturated heterocycles. The van der Waals surface area contributed by atoms with Gasteiger partial charge in [-0.25, -0.2) is 0 Å². The third-order valence-corrected chi connectivity index (χ3v) is 4.47. The quantitative estimate of drug-likeness (QED) is 0.881. The highest BCUT2D eigenvalue weighted by molar-refractivity contribution is 5.95. The third kappa shape index (κ3) is 3.99. The Bertz CT molecular complexity index is 763. The Morgan fingerprint density at radius 2 is 1.52 bits per heavy atom. The fourth-order valence-electron chi connectivity index (χ4n) is 2.79. The molecule has 1 aliphatic carbocycles. The Labute approximate surface area is 148 Å². The van der Waals surface area contributed by atoms with Gasteiger partial charge >= 0.3 is 0 Å². The first-order valence-corrected chi connectivity index (χ1v) is 8.43. The summed E-state index contributed by atoms with van der Waals surface area (Å²) in [5.41, 5.74) is 8.52. The van der Waals surface area contributed by atoms with Crippen LogP contribution in [-0.2, 0) is 6.54 Å². The van der Waals surface area contributed by atoms with Crippen LogP contribution in [0.2, 0.25) is 0 Å². The Balaban J connectivity index is 1.76. The highest BCUT2D eigenvalue weighted by Crippen LogP contribution is 2.30. The fourth-order valence-corrected chi connectivity index (χ4v) is 2.79. The first kappa shape index (κ1) is 17.0. The maximum Gasteiger partial charge on any atom is 0.254 e. The second-order valence-electron chi connectivity index (χ2n) is 6.67. The van der Waals surface area contributed by atoms with Crippen molar-refractivity contribution in [2.45, 2.75) is 25.4 Å². The zero-order valence-electron chi connectivity index (χ0n) is 14.6. The van der Waals surface area contributed by atoms with Crippen molar-refractivity contribution in [3.05, 3.63) is 65.2 Å². The van der Waals surface area contributed by atoms with Crippen LogP contribution < -0.4 is 10.6 Å². The second-order valence-corrected chi connectivity index (χ2v) is 6.67. The van der Waals surface area contributed by atoms with E-state index >= 15 is 0 Å². The van der Waals surface area contributed by atoms with E-state index in [1.807, 2.05) is 60.3 Å². The van der Waals surface area contributed by atoms with Crippen LogP contribution in [-0.4, -0.2) is 36.9 Å². The minimum atomic E-state index is -0.442. The van der Waals surface area contributed by atoms with Crippen LogP contribution in [0, 0.1) is 0 Å². The first-order chi connectivity index (χ1) is 12.0. The topological polar surface area (TPSA) is 66.6 Å². The summed E-state index contributed by atoms with van der Waals surface area (Å²) < 4.78 is 0. The van der Waals surface area contributed by atoms with Crippen molar-refractivity contribution < 1.29 is 9.59 Å². The summed E-state index contributed by atoms with van der Waals surface area (Å²) in [7, 11) is 3.95. The predicted molar refractivity (Wildman–Crippen MR) is 98.6 cm³/mol. The van der Waals surface area contributed by atoms with Gasteiger partial charge in [0, 0.05) is 43.5 Å². The van der Waals surface area contributed by atoms with E-state index < -0.39 is 5.91 Å². The number of carbonyl (C=O) groups excluding carboxylic acids is 2. The third-order valence-electron chi connectivity index (χ3n) is 4.47. The van der Waals surface area contributed by atoms with Crippen LogP contribution in [0.4, 0.5) is 5.69 Å². The number of rotatable bonds is 6. The maximum absolute atomic E-state index is 12.9. The molecule has 0 bridgehead atoms. The van der Waals surface area contributed by atoms with Gasteiger partial charge in [-0.3, -0.25) is 9.59 Å². The summed E-state index contributed by atoms with van der Waals surface area (Å²) in [6, 6.07) is 15.1. The van der Waals surface area contributed by atoms with Crippen molar-refractivity contribution in [3.8, 4) is 0 Å². The van der Waals surface area contributed by atoms with E-state index in [2.05, 4.69) is 0 Å². The minimum Gasteiger partial charge on any atom is -0.378 e. The molecular weight excluding hydrogens is 314 g/mol. The molecule has 0 radical (unpaired) electrons. The molecule has 0 aromatic heterocycles. The number of primary amides is 1. The summed E-state index contributed by atoms with van der Waals surface area (Å²) in [4.78, 5) is 28.0. The molecule has 0 heterocycles. The van der Waals surface area contributed by atoms with E-state index in [-0.39, 0.29) is 5.91 Å². The van der Waals surface area contributed by atoms with Crippen LogP contribution in [0.3, 0.4) is 0 Å². The van der Waals surface area contributed by atoms with E-state index in [0.717, 1.165) is 24.1 Å². The standard InChI is InChI=1S/C20H23N3O2/c1-22(2)17-9-7-16(8-10-17)20(25)23(18-11-12-18)13-14-3-5-15(6-4-14)19(21)24/h3-10,18H,11-13H2,1-2H3,(H2,21,24). The summed E-state index contributed by atoms with van der Waals surface area (Å²) in [5.74, 6) is -0.394. The molecule has 130 valence electrons. The van der Waals surface area contributed by atoms with E-state index in [0.29, 0.717) is 23.7 Å². The average Bonchev–Trinajstić information content (AvgIpc) is 3.44. The molecule has 25 heavy (non-hydrogen) atoms. The van der Waals surface area contributed by atoms with Crippen LogP contribution in [0.1, 0.15) is 39.1 Å². The zero-order chi connectivity index (χ0) is 18.0. The van der Waals surface area contributed by atoms with Gasteiger partial charge in [0.2, 0.25) is 5.91 Å². The van der Waals surface area contributed by atoms with Gasteiger partial charge in [0.05, 0.1) is 0 Å². The Kier molecular flexibility index (Phi) is 4.74. The van der Waals surface area contributed by atoms with Crippen molar-refractivity contribution >= 4 is 17.5 Å². The summed E-state index contributed by atoms with van der Waals surface area (Å²) in [5, 5.41) is 0. The normalized spacial score (nSPS) is 13.4. The zero-order valence-corrected chi connectivity index (χ0v) is 14.6. The van der Waals surface area contributed by atoms with Crippen LogP contribution in [0.5, 0.6) is 0 Å². The molecule has 2 N–H and O–H groups in total. The van der Waals surface area contributed by atoms with Gasteiger partial charge in [0.25, 0.3) is 5.91 Å². The molecule has 2 aromatic carbocycles. The van der Waals surface area contributed by atoms with E-state index in [4.69, 9.17) is 5.73 Å². The molecule has 1 fully saturated rings. The Hall–Kier alpha value is -2.82. The molecule has 1 aliphatic rings. The van der Waals surface area contributed by atoms with Gasteiger partial charge < -0.3 is 15.5 Å². The fraction of sp³-hybridized carbons (Fsp3) is 0.300. The smallest absolute Gasteiger partial charge is 0.254 e. The summed E-state index contributed by atoms with van der Waals surface area (Å²) in [6.07, 6.45) is 2.09. The van der Waals surface area contributed by atoms with Gasteiger partial charge in [0.1, 0.15) is 0 Å². The van der Waals surface area contributed by atoms with Gasteiger partial charge in [-0.1, -0.05) is 12.1 Å². The molecule has 2 aromatic rings. The number of hydrogen-bond acceptors (Lipinski definition) is 3. The average molecular weight is 337 g/mol. The number of carbonyl (C=O) groups is 2. The molecule has 2 amide bonds. The molecule has 0 unspecified atom stereocenters. The van der Waals surface area contributed by atoms with E-state index in [1.165, 1.54) is 0 Å². The number of benzene rings is 2. The number of nitrogens with zero attached hydrogens (tertiary/aromatic N) is 2. The van der Waals surface area contributed by atoms with Gasteiger partial charge in [0.15, 0.2) is 0 Å². The highest BCUT2D eigenvalue weighted by Gasteiger charge is 2.33. The Morgan fingerprint density at radius 3 is 2.00 bits per heavy atom. The molecule has 0 atom stereocenters. The maximum atomic E-state index is 12.9. The lowest BCUT2D eigenvalue weighted by atomic mass is 10.1.